The molecule has 0 unspecified atom stereocenters. The summed E-state index contributed by atoms with van der Waals surface area (Å²) in [5, 5.41) is 4.02. The zero-order valence-corrected chi connectivity index (χ0v) is 20.6. The van der Waals surface area contributed by atoms with Crippen LogP contribution in [0.15, 0.2) is 70.7 Å². The summed E-state index contributed by atoms with van der Waals surface area (Å²) in [5.74, 6) is 0.574. The zero-order chi connectivity index (χ0) is 25.0. The van der Waals surface area contributed by atoms with Crippen molar-refractivity contribution < 1.29 is 22.7 Å². The lowest BCUT2D eigenvalue weighted by Crippen LogP contribution is -2.39. The number of hydrazone groups is 1. The summed E-state index contributed by atoms with van der Waals surface area (Å²) in [5.41, 5.74) is 6.19. The molecular weight excluding hydrogens is 466 g/mol. The molecule has 0 aliphatic carbocycles. The quantitative estimate of drug-likeness (QED) is 0.400. The van der Waals surface area contributed by atoms with Crippen molar-refractivity contribution in [3.8, 4) is 11.5 Å². The number of ether oxygens (including phenoxy) is 2. The molecular formula is C26H27N3O5S. The fraction of sp³-hybridized carbons (Fsp3) is 0.231. The van der Waals surface area contributed by atoms with Gasteiger partial charge in [0.2, 0.25) is 0 Å². The smallest absolute Gasteiger partial charge is 0.264 e. The Labute approximate surface area is 205 Å². The van der Waals surface area contributed by atoms with Crippen LogP contribution in [0, 0.1) is 20.8 Å². The second kappa shape index (κ2) is 10.2. The number of nitrogens with one attached hydrogen (secondary N) is 1. The molecule has 0 spiro atoms. The zero-order valence-electron chi connectivity index (χ0n) is 19.8. The minimum absolute atomic E-state index is 0.103. The van der Waals surface area contributed by atoms with Crippen LogP contribution in [-0.2, 0) is 14.8 Å². The molecule has 35 heavy (non-hydrogen) atoms. The van der Waals surface area contributed by atoms with Gasteiger partial charge in [0.15, 0.2) is 11.5 Å². The summed E-state index contributed by atoms with van der Waals surface area (Å²) in [6.07, 6.45) is 1.45. The normalized spacial score (nSPS) is 13.0. The summed E-state index contributed by atoms with van der Waals surface area (Å²) < 4.78 is 39.4. The summed E-state index contributed by atoms with van der Waals surface area (Å²) in [4.78, 5) is 12.9. The molecule has 0 atom stereocenters. The Morgan fingerprint density at radius 1 is 0.971 bits per heavy atom. The number of carbonyl (C=O) groups excluding carboxylic acids is 1. The van der Waals surface area contributed by atoms with Crippen LogP contribution in [0.2, 0.25) is 0 Å². The first-order valence-corrected chi connectivity index (χ1v) is 12.6. The van der Waals surface area contributed by atoms with E-state index in [-0.39, 0.29) is 4.90 Å². The van der Waals surface area contributed by atoms with Crippen molar-refractivity contribution in [3.05, 3.63) is 82.9 Å². The number of para-hydroxylation sites is 1. The average Bonchev–Trinajstić information content (AvgIpc) is 2.82. The number of sulfonamides is 1. The summed E-state index contributed by atoms with van der Waals surface area (Å²) in [6, 6.07) is 17.3. The van der Waals surface area contributed by atoms with Crippen molar-refractivity contribution >= 4 is 27.8 Å². The fourth-order valence-electron chi connectivity index (χ4n) is 3.78. The molecule has 0 bridgehead atoms. The molecule has 0 saturated carbocycles. The van der Waals surface area contributed by atoms with Gasteiger partial charge in [-0.25, -0.2) is 13.8 Å². The van der Waals surface area contributed by atoms with Gasteiger partial charge in [-0.05, 0) is 68.3 Å². The minimum Gasteiger partial charge on any atom is -0.486 e. The minimum atomic E-state index is -4.00. The van der Waals surface area contributed by atoms with E-state index in [0.717, 1.165) is 21.0 Å². The number of benzene rings is 3. The molecule has 182 valence electrons. The number of nitrogens with zero attached hydrogens (tertiary/aromatic N) is 2. The molecule has 1 N–H and O–H groups in total. The van der Waals surface area contributed by atoms with Crippen molar-refractivity contribution in [3.63, 3.8) is 0 Å². The third kappa shape index (κ3) is 5.63. The molecule has 9 heteroatoms. The number of fused-ring (bicyclic) bond motifs is 1. The Morgan fingerprint density at radius 2 is 1.66 bits per heavy atom. The number of aryl methyl sites for hydroxylation is 3. The second-order valence-corrected chi connectivity index (χ2v) is 10.2. The van der Waals surface area contributed by atoms with E-state index < -0.39 is 22.5 Å². The van der Waals surface area contributed by atoms with Gasteiger partial charge in [0.05, 0.1) is 16.8 Å². The number of hydrogen-bond acceptors (Lipinski definition) is 6. The van der Waals surface area contributed by atoms with Gasteiger partial charge in [0, 0.05) is 5.56 Å². The highest BCUT2D eigenvalue weighted by Gasteiger charge is 2.27. The standard InChI is InChI=1S/C26H27N3O5S/c1-18-7-9-23(10-8-18)35(31,32)29(22-14-19(2)13-20(3)15-22)17-25(30)28-27-16-21-5-4-6-24-26(21)34-12-11-33-24/h4-10,13-16H,11-12,17H2,1-3H3,(H,28,30)/b27-16-. The van der Waals surface area contributed by atoms with Crippen LogP contribution in [0.3, 0.4) is 0 Å². The third-order valence-corrected chi connectivity index (χ3v) is 7.17. The van der Waals surface area contributed by atoms with Crippen LogP contribution in [0.1, 0.15) is 22.3 Å². The van der Waals surface area contributed by atoms with Gasteiger partial charge in [-0.1, -0.05) is 29.8 Å². The Bertz CT molecular complexity index is 1350. The molecule has 0 saturated heterocycles. The summed E-state index contributed by atoms with van der Waals surface area (Å²) >= 11 is 0. The van der Waals surface area contributed by atoms with Crippen molar-refractivity contribution in [1.29, 1.82) is 0 Å². The molecule has 1 aliphatic rings. The average molecular weight is 494 g/mol. The van der Waals surface area contributed by atoms with Crippen LogP contribution in [0.4, 0.5) is 5.69 Å². The van der Waals surface area contributed by atoms with Gasteiger partial charge in [-0.15, -0.1) is 0 Å². The van der Waals surface area contributed by atoms with Crippen LogP contribution in [0.5, 0.6) is 11.5 Å². The molecule has 1 heterocycles. The Balaban J connectivity index is 1.58. The first-order chi connectivity index (χ1) is 16.7. The molecule has 0 radical (unpaired) electrons. The molecule has 0 fully saturated rings. The van der Waals surface area contributed by atoms with Gasteiger partial charge in [0.1, 0.15) is 19.8 Å². The van der Waals surface area contributed by atoms with Gasteiger partial charge in [0.25, 0.3) is 15.9 Å². The number of carbonyl (C=O) groups is 1. The van der Waals surface area contributed by atoms with Crippen LogP contribution in [-0.4, -0.2) is 40.3 Å². The van der Waals surface area contributed by atoms with Crippen molar-refractivity contribution in [2.45, 2.75) is 25.7 Å². The molecule has 3 aromatic rings. The summed E-state index contributed by atoms with van der Waals surface area (Å²) in [6.45, 7) is 6.08. The Morgan fingerprint density at radius 3 is 2.37 bits per heavy atom. The van der Waals surface area contributed by atoms with E-state index in [1.54, 1.807) is 42.5 Å². The predicted molar refractivity (Wildman–Crippen MR) is 135 cm³/mol. The SMILES string of the molecule is Cc1ccc(S(=O)(=O)N(CC(=O)N/N=C\c2cccc3c2OCCO3)c2cc(C)cc(C)c2)cc1. The maximum absolute atomic E-state index is 13.5. The third-order valence-electron chi connectivity index (χ3n) is 5.38. The van der Waals surface area contributed by atoms with Crippen molar-refractivity contribution in [2.75, 3.05) is 24.1 Å². The summed E-state index contributed by atoms with van der Waals surface area (Å²) in [7, 11) is -4.00. The van der Waals surface area contributed by atoms with Gasteiger partial charge >= 0.3 is 0 Å². The lowest BCUT2D eigenvalue weighted by Gasteiger charge is -2.24. The Hall–Kier alpha value is -3.85. The topological polar surface area (TPSA) is 97.3 Å². The molecule has 3 aromatic carbocycles. The highest BCUT2D eigenvalue weighted by Crippen LogP contribution is 2.32. The van der Waals surface area contributed by atoms with E-state index in [1.807, 2.05) is 26.8 Å². The van der Waals surface area contributed by atoms with Crippen LogP contribution in [0.25, 0.3) is 0 Å². The maximum Gasteiger partial charge on any atom is 0.264 e. The lowest BCUT2D eigenvalue weighted by molar-refractivity contribution is -0.119. The highest BCUT2D eigenvalue weighted by molar-refractivity contribution is 7.92. The molecule has 4 rings (SSSR count). The van der Waals surface area contributed by atoms with E-state index in [2.05, 4.69) is 10.5 Å². The lowest BCUT2D eigenvalue weighted by atomic mass is 10.1. The molecule has 8 nitrogen and oxygen atoms in total. The van der Waals surface area contributed by atoms with E-state index in [4.69, 9.17) is 9.47 Å². The van der Waals surface area contributed by atoms with E-state index >= 15 is 0 Å². The van der Waals surface area contributed by atoms with E-state index in [9.17, 15) is 13.2 Å². The van der Waals surface area contributed by atoms with E-state index in [1.165, 1.54) is 18.3 Å². The van der Waals surface area contributed by atoms with Crippen molar-refractivity contribution in [2.24, 2.45) is 5.10 Å². The monoisotopic (exact) mass is 493 g/mol. The highest BCUT2D eigenvalue weighted by atomic mass is 32.2. The van der Waals surface area contributed by atoms with Gasteiger partial charge in [-0.3, -0.25) is 9.10 Å². The second-order valence-electron chi connectivity index (χ2n) is 8.34. The number of hydrogen-bond donors (Lipinski definition) is 1. The number of anilines is 1. The number of amides is 1. The van der Waals surface area contributed by atoms with Gasteiger partial charge in [-0.2, -0.15) is 5.10 Å². The van der Waals surface area contributed by atoms with Crippen LogP contribution >= 0.6 is 0 Å². The predicted octanol–water partition coefficient (Wildman–Crippen LogP) is 3.73. The molecule has 1 amide bonds. The van der Waals surface area contributed by atoms with Crippen molar-refractivity contribution in [1.82, 2.24) is 5.43 Å². The Kier molecular flexibility index (Phi) is 7.07. The van der Waals surface area contributed by atoms with Gasteiger partial charge < -0.3 is 9.47 Å². The fourth-order valence-corrected chi connectivity index (χ4v) is 5.19. The first-order valence-electron chi connectivity index (χ1n) is 11.1. The maximum atomic E-state index is 13.5. The molecule has 0 aromatic heterocycles. The molecule has 1 aliphatic heterocycles. The largest absolute Gasteiger partial charge is 0.486 e. The van der Waals surface area contributed by atoms with E-state index in [0.29, 0.717) is 36.0 Å². The number of rotatable bonds is 7. The first kappa shape index (κ1) is 24.3. The van der Waals surface area contributed by atoms with Crippen LogP contribution < -0.4 is 19.2 Å².